The summed E-state index contributed by atoms with van der Waals surface area (Å²) in [5.41, 5.74) is 2.83. The molecule has 3 heteroatoms. The van der Waals surface area contributed by atoms with Gasteiger partial charge in [0.2, 0.25) is 0 Å². The second-order valence-corrected chi connectivity index (χ2v) is 5.17. The molecule has 1 N–H and O–H groups in total. The van der Waals surface area contributed by atoms with Crippen molar-refractivity contribution in [3.63, 3.8) is 0 Å². The highest BCUT2D eigenvalue weighted by molar-refractivity contribution is 5.42. The van der Waals surface area contributed by atoms with Crippen molar-refractivity contribution in [2.45, 2.75) is 32.9 Å². The number of aryl methyl sites for hydroxylation is 2. The van der Waals surface area contributed by atoms with Crippen LogP contribution in [-0.4, -0.2) is 20.2 Å². The quantitative estimate of drug-likeness (QED) is 0.889. The minimum atomic E-state index is -0.850. The average Bonchev–Trinajstić information content (AvgIpc) is 2.41. The summed E-state index contributed by atoms with van der Waals surface area (Å²) in [5, 5.41) is 3.28. The van der Waals surface area contributed by atoms with Crippen LogP contribution in [0.5, 0.6) is 5.75 Å². The highest BCUT2D eigenvalue weighted by Crippen LogP contribution is 2.36. The van der Waals surface area contributed by atoms with Crippen LogP contribution in [0.25, 0.3) is 0 Å². The monoisotopic (exact) mass is 251 g/mol. The Balaban J connectivity index is 2.23. The molecule has 100 valence electrons. The molecule has 1 fully saturated rings. The first-order valence-electron chi connectivity index (χ1n) is 6.63. The molecule has 1 aliphatic heterocycles. The van der Waals surface area contributed by atoms with E-state index in [0.717, 1.165) is 48.4 Å². The van der Waals surface area contributed by atoms with Crippen molar-refractivity contribution < 1.29 is 9.13 Å². The number of rotatable bonds is 3. The molecule has 2 nitrogen and oxygen atoms in total. The number of methoxy groups -OCH3 is 1. The number of piperidine rings is 1. The molecular formula is C15H22FNO. The Morgan fingerprint density at radius 1 is 1.22 bits per heavy atom. The summed E-state index contributed by atoms with van der Waals surface area (Å²) < 4.78 is 19.9. The van der Waals surface area contributed by atoms with Gasteiger partial charge in [-0.05, 0) is 74.5 Å². The van der Waals surface area contributed by atoms with Gasteiger partial charge in [0.25, 0.3) is 0 Å². The number of halogens is 1. The van der Waals surface area contributed by atoms with E-state index in [4.69, 9.17) is 4.74 Å². The molecule has 0 bridgehead atoms. The molecule has 0 radical (unpaired) electrons. The average molecular weight is 251 g/mol. The zero-order chi connectivity index (χ0) is 13.1. The summed E-state index contributed by atoms with van der Waals surface area (Å²) in [4.78, 5) is 0. The first kappa shape index (κ1) is 13.3. The minimum Gasteiger partial charge on any atom is -0.496 e. The largest absolute Gasteiger partial charge is 0.496 e. The third-order valence-electron chi connectivity index (χ3n) is 3.88. The molecule has 1 aromatic carbocycles. The van der Waals surface area contributed by atoms with Crippen LogP contribution in [0.15, 0.2) is 12.1 Å². The van der Waals surface area contributed by atoms with Gasteiger partial charge in [-0.3, -0.25) is 0 Å². The first-order valence-corrected chi connectivity index (χ1v) is 6.63. The van der Waals surface area contributed by atoms with E-state index in [9.17, 15) is 4.39 Å². The second kappa shape index (κ2) is 5.70. The highest BCUT2D eigenvalue weighted by atomic mass is 19.1. The molecule has 1 unspecified atom stereocenters. The maximum absolute atomic E-state index is 14.6. The van der Waals surface area contributed by atoms with Gasteiger partial charge in [-0.1, -0.05) is 0 Å². The maximum Gasteiger partial charge on any atom is 0.128 e. The molecule has 1 atom stereocenters. The number of benzene rings is 1. The van der Waals surface area contributed by atoms with Gasteiger partial charge in [0.05, 0.1) is 7.11 Å². The van der Waals surface area contributed by atoms with Crippen LogP contribution in [-0.2, 0) is 0 Å². The number of hydrogen-bond donors (Lipinski definition) is 1. The smallest absolute Gasteiger partial charge is 0.128 e. The van der Waals surface area contributed by atoms with Crippen molar-refractivity contribution in [3.8, 4) is 5.75 Å². The lowest BCUT2D eigenvalue weighted by atomic mass is 9.87. The third-order valence-corrected chi connectivity index (χ3v) is 3.88. The highest BCUT2D eigenvalue weighted by Gasteiger charge is 2.26. The van der Waals surface area contributed by atoms with Crippen molar-refractivity contribution in [1.82, 2.24) is 5.32 Å². The molecule has 0 amide bonds. The van der Waals surface area contributed by atoms with E-state index >= 15 is 0 Å². The van der Waals surface area contributed by atoms with Crippen LogP contribution >= 0.6 is 0 Å². The molecule has 18 heavy (non-hydrogen) atoms. The number of ether oxygens (including phenoxy) is 1. The van der Waals surface area contributed by atoms with E-state index in [1.807, 2.05) is 26.0 Å². The molecular weight excluding hydrogens is 229 g/mol. The van der Waals surface area contributed by atoms with Crippen LogP contribution in [0.2, 0.25) is 0 Å². The van der Waals surface area contributed by atoms with E-state index in [-0.39, 0.29) is 5.92 Å². The summed E-state index contributed by atoms with van der Waals surface area (Å²) in [6, 6.07) is 3.89. The minimum absolute atomic E-state index is 0.151. The van der Waals surface area contributed by atoms with Crippen molar-refractivity contribution in [1.29, 1.82) is 0 Å². The van der Waals surface area contributed by atoms with Gasteiger partial charge in [0.1, 0.15) is 11.9 Å². The number of nitrogens with one attached hydrogen (secondary N) is 1. The van der Waals surface area contributed by atoms with Crippen molar-refractivity contribution in [2.75, 3.05) is 20.2 Å². The lowest BCUT2D eigenvalue weighted by molar-refractivity contribution is 0.189. The van der Waals surface area contributed by atoms with E-state index in [1.165, 1.54) is 0 Å². The second-order valence-electron chi connectivity index (χ2n) is 5.17. The van der Waals surface area contributed by atoms with E-state index < -0.39 is 6.17 Å². The number of hydrogen-bond acceptors (Lipinski definition) is 2. The fourth-order valence-corrected chi connectivity index (χ4v) is 2.72. The van der Waals surface area contributed by atoms with Crippen LogP contribution in [0.4, 0.5) is 4.39 Å². The van der Waals surface area contributed by atoms with Gasteiger partial charge in [0, 0.05) is 0 Å². The number of alkyl halides is 1. The summed E-state index contributed by atoms with van der Waals surface area (Å²) in [7, 11) is 1.65. The van der Waals surface area contributed by atoms with Crippen LogP contribution < -0.4 is 10.1 Å². The fourth-order valence-electron chi connectivity index (χ4n) is 2.72. The maximum atomic E-state index is 14.6. The van der Waals surface area contributed by atoms with Gasteiger partial charge < -0.3 is 10.1 Å². The molecule has 1 heterocycles. The molecule has 0 aliphatic carbocycles. The van der Waals surface area contributed by atoms with Crippen molar-refractivity contribution in [2.24, 2.45) is 5.92 Å². The van der Waals surface area contributed by atoms with Gasteiger partial charge in [-0.25, -0.2) is 4.39 Å². The lowest BCUT2D eigenvalue weighted by Gasteiger charge is -2.27. The Kier molecular flexibility index (Phi) is 4.23. The Morgan fingerprint density at radius 2 is 1.89 bits per heavy atom. The molecule has 1 aromatic rings. The molecule has 0 spiro atoms. The van der Waals surface area contributed by atoms with E-state index in [2.05, 4.69) is 5.32 Å². The normalized spacial score (nSPS) is 18.7. The summed E-state index contributed by atoms with van der Waals surface area (Å²) in [6.07, 6.45) is 0.994. The van der Waals surface area contributed by atoms with Crippen molar-refractivity contribution >= 4 is 0 Å². The Labute approximate surface area is 109 Å². The Hall–Kier alpha value is -1.09. The fraction of sp³-hybridized carbons (Fsp3) is 0.600. The zero-order valence-corrected chi connectivity index (χ0v) is 11.4. The first-order chi connectivity index (χ1) is 8.63. The SMILES string of the molecule is COc1cc(C)c(C(F)C2CCNCC2)cc1C. The van der Waals surface area contributed by atoms with Crippen LogP contribution in [0, 0.1) is 19.8 Å². The van der Waals surface area contributed by atoms with Crippen molar-refractivity contribution in [3.05, 3.63) is 28.8 Å². The molecule has 0 aromatic heterocycles. The molecule has 0 saturated carbocycles. The molecule has 1 saturated heterocycles. The summed E-state index contributed by atoms with van der Waals surface area (Å²) in [5.74, 6) is 0.992. The van der Waals surface area contributed by atoms with Crippen LogP contribution in [0.3, 0.4) is 0 Å². The summed E-state index contributed by atoms with van der Waals surface area (Å²) in [6.45, 7) is 5.79. The van der Waals surface area contributed by atoms with Gasteiger partial charge in [0.15, 0.2) is 0 Å². The molecule has 1 aliphatic rings. The Bertz CT molecular complexity index is 413. The van der Waals surface area contributed by atoms with Gasteiger partial charge in [-0.2, -0.15) is 0 Å². The predicted octanol–water partition coefficient (Wildman–Crippen LogP) is 3.32. The standard InChI is InChI=1S/C15H22FNO/c1-10-9-14(18-3)11(2)8-13(10)15(16)12-4-6-17-7-5-12/h8-9,12,15,17H,4-7H2,1-3H3. The lowest BCUT2D eigenvalue weighted by Crippen LogP contribution is -2.30. The predicted molar refractivity (Wildman–Crippen MR) is 71.9 cm³/mol. The summed E-state index contributed by atoms with van der Waals surface area (Å²) >= 11 is 0. The Morgan fingerprint density at radius 3 is 2.50 bits per heavy atom. The van der Waals surface area contributed by atoms with Gasteiger partial charge in [-0.15, -0.1) is 0 Å². The topological polar surface area (TPSA) is 21.3 Å². The van der Waals surface area contributed by atoms with Crippen LogP contribution in [0.1, 0.15) is 35.7 Å². The molecule has 2 rings (SSSR count). The van der Waals surface area contributed by atoms with Gasteiger partial charge >= 0.3 is 0 Å². The van der Waals surface area contributed by atoms with E-state index in [0.29, 0.717) is 0 Å². The van der Waals surface area contributed by atoms with E-state index in [1.54, 1.807) is 7.11 Å². The zero-order valence-electron chi connectivity index (χ0n) is 11.4. The third kappa shape index (κ3) is 2.66.